The summed E-state index contributed by atoms with van der Waals surface area (Å²) in [6.45, 7) is 11.6. The van der Waals surface area contributed by atoms with Gasteiger partial charge in [0, 0.05) is 0 Å². The van der Waals surface area contributed by atoms with E-state index in [0.717, 1.165) is 12.2 Å². The third-order valence-electron chi connectivity index (χ3n) is 4.60. The van der Waals surface area contributed by atoms with Crippen LogP contribution in [-0.4, -0.2) is 15.2 Å². The third-order valence-corrected chi connectivity index (χ3v) is 8.35. The second-order valence-corrected chi connectivity index (χ2v) is 11.0. The van der Waals surface area contributed by atoms with Gasteiger partial charge in [0.25, 0.3) is 0 Å². The fraction of sp³-hybridized carbons (Fsp3) is 0.474. The fourth-order valence-electron chi connectivity index (χ4n) is 3.56. The van der Waals surface area contributed by atoms with Crippen LogP contribution in [0.2, 0.25) is 13.1 Å². The Morgan fingerprint density at radius 3 is 2.52 bits per heavy atom. The van der Waals surface area contributed by atoms with Gasteiger partial charge in [-0.2, -0.15) is 0 Å². The summed E-state index contributed by atoms with van der Waals surface area (Å²) in [5.41, 5.74) is 4.18. The summed E-state index contributed by atoms with van der Waals surface area (Å²) >= 11 is 0. The van der Waals surface area contributed by atoms with Crippen molar-refractivity contribution in [1.82, 2.24) is 0 Å². The first-order valence-corrected chi connectivity index (χ1v) is 11.0. The van der Waals surface area contributed by atoms with Gasteiger partial charge in [-0.1, -0.05) is 67.1 Å². The molecule has 1 aromatic rings. The van der Waals surface area contributed by atoms with Crippen molar-refractivity contribution in [3.05, 3.63) is 46.2 Å². The zero-order valence-electron chi connectivity index (χ0n) is 14.3. The molecule has 1 aliphatic carbocycles. The molecule has 21 heavy (non-hydrogen) atoms. The lowest BCUT2D eigenvalue weighted by Crippen LogP contribution is -2.45. The van der Waals surface area contributed by atoms with E-state index in [0.29, 0.717) is 0 Å². The molecule has 0 spiro atoms. The molecule has 0 saturated carbocycles. The van der Waals surface area contributed by atoms with Crippen LogP contribution in [0.3, 0.4) is 0 Å². The molecule has 2 heteroatoms. The van der Waals surface area contributed by atoms with Crippen molar-refractivity contribution in [1.29, 1.82) is 0 Å². The molecule has 0 amide bonds. The van der Waals surface area contributed by atoms with Crippen LogP contribution in [0.15, 0.2) is 35.1 Å². The lowest BCUT2D eigenvalue weighted by molar-refractivity contribution is 0.414. The normalized spacial score (nSPS) is 15.0. The second-order valence-electron chi connectivity index (χ2n) is 6.65. The topological polar surface area (TPSA) is 9.23 Å². The average Bonchev–Trinajstić information content (AvgIpc) is 2.87. The lowest BCUT2D eigenvalue weighted by Gasteiger charge is -2.29. The zero-order valence-corrected chi connectivity index (χ0v) is 15.3. The van der Waals surface area contributed by atoms with E-state index in [1.807, 2.05) is 0 Å². The van der Waals surface area contributed by atoms with Gasteiger partial charge in [-0.15, -0.1) is 0 Å². The first kappa shape index (κ1) is 16.1. The minimum absolute atomic E-state index is 1.10. The molecule has 0 unspecified atom stereocenters. The molecule has 0 saturated heterocycles. The first-order chi connectivity index (χ1) is 9.91. The molecule has 0 aliphatic heterocycles. The SMILES string of the molecule is CCCC1=C([Si](C)(C)c2cc(C)cc(C)c2OC)CC=C1. The summed E-state index contributed by atoms with van der Waals surface area (Å²) in [5, 5.41) is 3.14. The number of allylic oxidation sites excluding steroid dienone is 4. The van der Waals surface area contributed by atoms with Gasteiger partial charge in [-0.05, 0) is 37.4 Å². The predicted octanol–water partition coefficient (Wildman–Crippen LogP) is 4.82. The molecule has 1 aromatic carbocycles. The largest absolute Gasteiger partial charge is 0.497 e. The molecule has 114 valence electrons. The van der Waals surface area contributed by atoms with Gasteiger partial charge in [0.05, 0.1) is 7.11 Å². The Hall–Kier alpha value is -1.28. The van der Waals surface area contributed by atoms with E-state index in [1.54, 1.807) is 17.9 Å². The van der Waals surface area contributed by atoms with Gasteiger partial charge in [0.15, 0.2) is 0 Å². The molecule has 0 fully saturated rings. The molecule has 1 nitrogen and oxygen atoms in total. The fourth-order valence-corrected chi connectivity index (χ4v) is 6.98. The van der Waals surface area contributed by atoms with Gasteiger partial charge >= 0.3 is 0 Å². The highest BCUT2D eigenvalue weighted by molar-refractivity contribution is 6.96. The van der Waals surface area contributed by atoms with Crippen LogP contribution in [0, 0.1) is 13.8 Å². The van der Waals surface area contributed by atoms with E-state index in [2.05, 4.69) is 58.2 Å². The van der Waals surface area contributed by atoms with Crippen LogP contribution >= 0.6 is 0 Å². The van der Waals surface area contributed by atoms with Gasteiger partial charge < -0.3 is 4.74 Å². The Morgan fingerprint density at radius 1 is 1.19 bits per heavy atom. The number of methoxy groups -OCH3 is 1. The first-order valence-electron chi connectivity index (χ1n) is 7.96. The van der Waals surface area contributed by atoms with Crippen molar-refractivity contribution in [2.45, 2.75) is 53.1 Å². The van der Waals surface area contributed by atoms with Gasteiger partial charge in [0.1, 0.15) is 13.8 Å². The second kappa shape index (κ2) is 6.23. The summed E-state index contributed by atoms with van der Waals surface area (Å²) in [7, 11) is 0.123. The standard InChI is InChI=1S/C19H28OSi/c1-7-9-16-10-8-11-17(16)21(5,6)18-13-14(2)12-15(3)19(18)20-4/h8,10,12-13H,7,9,11H2,1-6H3. The van der Waals surface area contributed by atoms with Crippen molar-refractivity contribution in [2.75, 3.05) is 7.11 Å². The Bertz CT molecular complexity index is 594. The Kier molecular flexibility index (Phi) is 4.77. The summed E-state index contributed by atoms with van der Waals surface area (Å²) < 4.78 is 5.76. The zero-order chi connectivity index (χ0) is 15.6. The van der Waals surface area contributed by atoms with E-state index in [9.17, 15) is 0 Å². The van der Waals surface area contributed by atoms with E-state index >= 15 is 0 Å². The van der Waals surface area contributed by atoms with Crippen molar-refractivity contribution >= 4 is 13.3 Å². The Morgan fingerprint density at radius 2 is 1.90 bits per heavy atom. The van der Waals surface area contributed by atoms with Crippen LogP contribution in [0.5, 0.6) is 5.75 Å². The van der Waals surface area contributed by atoms with Crippen LogP contribution in [-0.2, 0) is 0 Å². The summed E-state index contributed by atoms with van der Waals surface area (Å²) in [6.07, 6.45) is 8.24. The highest BCUT2D eigenvalue weighted by Crippen LogP contribution is 2.33. The molecule has 0 atom stereocenters. The molecule has 0 heterocycles. The van der Waals surface area contributed by atoms with E-state index in [-0.39, 0.29) is 0 Å². The number of benzene rings is 1. The summed E-state index contributed by atoms with van der Waals surface area (Å²) in [5.74, 6) is 1.10. The monoisotopic (exact) mass is 300 g/mol. The summed E-state index contributed by atoms with van der Waals surface area (Å²) in [4.78, 5) is 0. The maximum absolute atomic E-state index is 5.76. The minimum Gasteiger partial charge on any atom is -0.497 e. The number of rotatable bonds is 5. The molecule has 2 rings (SSSR count). The van der Waals surface area contributed by atoms with Crippen LogP contribution in [0.25, 0.3) is 0 Å². The van der Waals surface area contributed by atoms with E-state index in [1.165, 1.54) is 29.2 Å². The van der Waals surface area contributed by atoms with Crippen molar-refractivity contribution < 1.29 is 4.74 Å². The molecule has 0 N–H and O–H groups in total. The maximum atomic E-state index is 5.76. The number of hydrogen-bond donors (Lipinski definition) is 0. The smallest absolute Gasteiger partial charge is 0.121 e. The van der Waals surface area contributed by atoms with Crippen LogP contribution < -0.4 is 9.92 Å². The molecule has 1 aliphatic rings. The molecule has 0 bridgehead atoms. The van der Waals surface area contributed by atoms with Gasteiger partial charge in [0.2, 0.25) is 0 Å². The van der Waals surface area contributed by atoms with Crippen molar-refractivity contribution in [2.24, 2.45) is 0 Å². The number of aryl methyl sites for hydroxylation is 2. The molecular weight excluding hydrogens is 272 g/mol. The van der Waals surface area contributed by atoms with E-state index < -0.39 is 8.07 Å². The highest BCUT2D eigenvalue weighted by Gasteiger charge is 2.34. The third kappa shape index (κ3) is 3.01. The average molecular weight is 301 g/mol. The molecular formula is C19H28OSi. The summed E-state index contributed by atoms with van der Waals surface area (Å²) in [6, 6.07) is 4.58. The number of hydrogen-bond acceptors (Lipinski definition) is 1. The van der Waals surface area contributed by atoms with Crippen molar-refractivity contribution in [3.63, 3.8) is 0 Å². The Balaban J connectivity index is 2.57. The van der Waals surface area contributed by atoms with E-state index in [4.69, 9.17) is 4.74 Å². The predicted molar refractivity (Wildman–Crippen MR) is 95.3 cm³/mol. The number of ether oxygens (including phenoxy) is 1. The van der Waals surface area contributed by atoms with Gasteiger partial charge in [-0.3, -0.25) is 0 Å². The maximum Gasteiger partial charge on any atom is 0.121 e. The molecule has 0 aromatic heterocycles. The highest BCUT2D eigenvalue weighted by atomic mass is 28.3. The molecule has 0 radical (unpaired) electrons. The van der Waals surface area contributed by atoms with Crippen molar-refractivity contribution in [3.8, 4) is 5.75 Å². The Labute approximate surface area is 130 Å². The van der Waals surface area contributed by atoms with Crippen LogP contribution in [0.4, 0.5) is 0 Å². The quantitative estimate of drug-likeness (QED) is 0.708. The van der Waals surface area contributed by atoms with Gasteiger partial charge in [-0.25, -0.2) is 0 Å². The minimum atomic E-state index is -1.68. The van der Waals surface area contributed by atoms with Crippen LogP contribution in [0.1, 0.15) is 37.3 Å². The lowest BCUT2D eigenvalue weighted by atomic mass is 10.1.